The van der Waals surface area contributed by atoms with E-state index in [2.05, 4.69) is 0 Å². The molecule has 0 saturated carbocycles. The van der Waals surface area contributed by atoms with Gasteiger partial charge in [0.2, 0.25) is 10.0 Å². The van der Waals surface area contributed by atoms with Crippen LogP contribution in [0.4, 0.5) is 4.39 Å². The van der Waals surface area contributed by atoms with Crippen LogP contribution >= 0.6 is 0 Å². The maximum absolute atomic E-state index is 13.1. The SMILES string of the molecule is COc1ccc(OC)c(C2CCCN2S(=O)(=O)c2ccc(F)cc2)c1. The molecular formula is C18H20FNO4S. The lowest BCUT2D eigenvalue weighted by molar-refractivity contribution is 0.361. The summed E-state index contributed by atoms with van der Waals surface area (Å²) in [5.41, 5.74) is 0.769. The van der Waals surface area contributed by atoms with Crippen LogP contribution in [0.5, 0.6) is 11.5 Å². The van der Waals surface area contributed by atoms with E-state index in [9.17, 15) is 12.8 Å². The summed E-state index contributed by atoms with van der Waals surface area (Å²) >= 11 is 0. The van der Waals surface area contributed by atoms with Gasteiger partial charge in [-0.1, -0.05) is 0 Å². The second-order valence-electron chi connectivity index (χ2n) is 5.84. The molecule has 0 amide bonds. The highest BCUT2D eigenvalue weighted by molar-refractivity contribution is 7.89. The van der Waals surface area contributed by atoms with Gasteiger partial charge < -0.3 is 9.47 Å². The standard InChI is InChI=1S/C18H20FNO4S/c1-23-14-7-10-18(24-2)16(12-14)17-4-3-11-20(17)25(21,22)15-8-5-13(19)6-9-15/h5-10,12,17H,3-4,11H2,1-2H3. The predicted molar refractivity (Wildman–Crippen MR) is 91.8 cm³/mol. The number of halogens is 1. The van der Waals surface area contributed by atoms with Crippen molar-refractivity contribution in [3.8, 4) is 11.5 Å². The van der Waals surface area contributed by atoms with Gasteiger partial charge in [-0.25, -0.2) is 12.8 Å². The third-order valence-corrected chi connectivity index (χ3v) is 6.34. The topological polar surface area (TPSA) is 55.8 Å². The average molecular weight is 365 g/mol. The fraction of sp³-hybridized carbons (Fsp3) is 0.333. The van der Waals surface area contributed by atoms with E-state index >= 15 is 0 Å². The zero-order valence-electron chi connectivity index (χ0n) is 14.1. The molecule has 0 aromatic heterocycles. The van der Waals surface area contributed by atoms with Gasteiger partial charge in [0.1, 0.15) is 17.3 Å². The normalized spacial score (nSPS) is 18.3. The molecule has 7 heteroatoms. The first-order valence-electron chi connectivity index (χ1n) is 7.96. The van der Waals surface area contributed by atoms with Gasteiger partial charge in [-0.2, -0.15) is 4.31 Å². The van der Waals surface area contributed by atoms with Crippen LogP contribution in [0.2, 0.25) is 0 Å². The Bertz CT molecular complexity index is 852. The van der Waals surface area contributed by atoms with Crippen LogP contribution in [-0.4, -0.2) is 33.5 Å². The monoisotopic (exact) mass is 365 g/mol. The molecule has 3 rings (SSSR count). The van der Waals surface area contributed by atoms with E-state index in [1.54, 1.807) is 26.4 Å². The molecule has 0 radical (unpaired) electrons. The van der Waals surface area contributed by atoms with Crippen LogP contribution < -0.4 is 9.47 Å². The molecule has 25 heavy (non-hydrogen) atoms. The minimum Gasteiger partial charge on any atom is -0.497 e. The summed E-state index contributed by atoms with van der Waals surface area (Å²) in [7, 11) is -0.610. The lowest BCUT2D eigenvalue weighted by Crippen LogP contribution is -2.31. The molecule has 1 heterocycles. The van der Waals surface area contributed by atoms with E-state index in [1.807, 2.05) is 6.07 Å². The van der Waals surface area contributed by atoms with Crippen LogP contribution in [0.1, 0.15) is 24.4 Å². The lowest BCUT2D eigenvalue weighted by atomic mass is 10.0. The molecule has 2 aromatic carbocycles. The summed E-state index contributed by atoms with van der Waals surface area (Å²) in [4.78, 5) is 0.0858. The van der Waals surface area contributed by atoms with Crippen molar-refractivity contribution < 1.29 is 22.3 Å². The molecule has 1 fully saturated rings. The quantitative estimate of drug-likeness (QED) is 0.815. The molecule has 1 unspecified atom stereocenters. The molecule has 0 bridgehead atoms. The number of hydrogen-bond acceptors (Lipinski definition) is 4. The number of ether oxygens (including phenoxy) is 2. The first-order chi connectivity index (χ1) is 12.0. The smallest absolute Gasteiger partial charge is 0.243 e. The maximum Gasteiger partial charge on any atom is 0.243 e. The van der Waals surface area contributed by atoms with Gasteiger partial charge >= 0.3 is 0 Å². The second-order valence-corrected chi connectivity index (χ2v) is 7.73. The average Bonchev–Trinajstić information content (AvgIpc) is 3.12. The van der Waals surface area contributed by atoms with Crippen molar-refractivity contribution in [3.63, 3.8) is 0 Å². The van der Waals surface area contributed by atoms with E-state index in [-0.39, 0.29) is 10.9 Å². The molecule has 1 aliphatic rings. The summed E-state index contributed by atoms with van der Waals surface area (Å²) in [6.45, 7) is 0.407. The van der Waals surface area contributed by atoms with Gasteiger partial charge in [-0.3, -0.25) is 0 Å². The largest absolute Gasteiger partial charge is 0.497 e. The third kappa shape index (κ3) is 3.34. The second kappa shape index (κ2) is 7.01. The molecular weight excluding hydrogens is 345 g/mol. The number of hydrogen-bond donors (Lipinski definition) is 0. The van der Waals surface area contributed by atoms with Crippen molar-refractivity contribution in [3.05, 3.63) is 53.8 Å². The van der Waals surface area contributed by atoms with Gasteiger partial charge in [0.15, 0.2) is 0 Å². The Kier molecular flexibility index (Phi) is 4.96. The molecule has 0 aliphatic carbocycles. The lowest BCUT2D eigenvalue weighted by Gasteiger charge is -2.26. The van der Waals surface area contributed by atoms with Crippen LogP contribution in [0.3, 0.4) is 0 Å². The Morgan fingerprint density at radius 1 is 1.08 bits per heavy atom. The number of benzene rings is 2. The van der Waals surface area contributed by atoms with Crippen LogP contribution in [0.25, 0.3) is 0 Å². The van der Waals surface area contributed by atoms with Gasteiger partial charge in [0, 0.05) is 12.1 Å². The van der Waals surface area contributed by atoms with E-state index in [0.29, 0.717) is 24.5 Å². The summed E-state index contributed by atoms with van der Waals surface area (Å²) in [6.07, 6.45) is 1.43. The van der Waals surface area contributed by atoms with Crippen molar-refractivity contribution in [2.45, 2.75) is 23.8 Å². The summed E-state index contributed by atoms with van der Waals surface area (Å²) in [5.74, 6) is 0.792. The molecule has 1 aliphatic heterocycles. The Morgan fingerprint density at radius 3 is 2.44 bits per heavy atom. The van der Waals surface area contributed by atoms with E-state index in [4.69, 9.17) is 9.47 Å². The van der Waals surface area contributed by atoms with Crippen molar-refractivity contribution in [1.82, 2.24) is 4.31 Å². The fourth-order valence-corrected chi connectivity index (χ4v) is 4.85. The van der Waals surface area contributed by atoms with Crippen LogP contribution in [0, 0.1) is 5.82 Å². The minimum atomic E-state index is -3.73. The van der Waals surface area contributed by atoms with Gasteiger partial charge in [0.25, 0.3) is 0 Å². The Labute approximate surface area is 147 Å². The zero-order chi connectivity index (χ0) is 18.0. The highest BCUT2D eigenvalue weighted by Crippen LogP contribution is 2.41. The van der Waals surface area contributed by atoms with Crippen molar-refractivity contribution >= 4 is 10.0 Å². The van der Waals surface area contributed by atoms with Crippen molar-refractivity contribution in [1.29, 1.82) is 0 Å². The number of rotatable bonds is 5. The summed E-state index contributed by atoms with van der Waals surface area (Å²) in [6, 6.07) is 9.91. The Morgan fingerprint density at radius 2 is 1.80 bits per heavy atom. The summed E-state index contributed by atoms with van der Waals surface area (Å²) < 4.78 is 51.3. The molecule has 1 saturated heterocycles. The first kappa shape index (κ1) is 17.7. The Balaban J connectivity index is 2.02. The van der Waals surface area contributed by atoms with Crippen molar-refractivity contribution in [2.24, 2.45) is 0 Å². The van der Waals surface area contributed by atoms with Gasteiger partial charge in [-0.15, -0.1) is 0 Å². The molecule has 0 N–H and O–H groups in total. The fourth-order valence-electron chi connectivity index (χ4n) is 3.18. The van der Waals surface area contributed by atoms with E-state index in [1.165, 1.54) is 16.4 Å². The Hall–Kier alpha value is -2.12. The zero-order valence-corrected chi connectivity index (χ0v) is 14.9. The first-order valence-corrected chi connectivity index (χ1v) is 9.40. The molecule has 2 aromatic rings. The third-order valence-electron chi connectivity index (χ3n) is 4.42. The van der Waals surface area contributed by atoms with Crippen LogP contribution in [0.15, 0.2) is 47.4 Å². The van der Waals surface area contributed by atoms with Gasteiger partial charge in [-0.05, 0) is 55.3 Å². The summed E-state index contributed by atoms with van der Waals surface area (Å²) in [5, 5.41) is 0. The highest BCUT2D eigenvalue weighted by Gasteiger charge is 2.37. The minimum absolute atomic E-state index is 0.0858. The molecule has 5 nitrogen and oxygen atoms in total. The molecule has 1 atom stereocenters. The molecule has 0 spiro atoms. The highest BCUT2D eigenvalue weighted by atomic mass is 32.2. The predicted octanol–water partition coefficient (Wildman–Crippen LogP) is 3.37. The maximum atomic E-state index is 13.1. The molecule has 134 valence electrons. The number of sulfonamides is 1. The van der Waals surface area contributed by atoms with Crippen molar-refractivity contribution in [2.75, 3.05) is 20.8 Å². The van der Waals surface area contributed by atoms with E-state index in [0.717, 1.165) is 24.1 Å². The number of methoxy groups -OCH3 is 2. The number of nitrogens with zero attached hydrogens (tertiary/aromatic N) is 1. The van der Waals surface area contributed by atoms with Crippen LogP contribution in [-0.2, 0) is 10.0 Å². The van der Waals surface area contributed by atoms with Gasteiger partial charge in [0.05, 0.1) is 25.2 Å². The van der Waals surface area contributed by atoms with E-state index < -0.39 is 15.8 Å².